The predicted octanol–water partition coefficient (Wildman–Crippen LogP) is 5.36. The maximum atomic E-state index is 15.0. The molecule has 1 aromatic heterocycles. The van der Waals surface area contributed by atoms with Crippen LogP contribution in [0.3, 0.4) is 0 Å². The number of allylic oxidation sites excluding steroid dienone is 2. The largest absolute Gasteiger partial charge is 0.384 e. The van der Waals surface area contributed by atoms with Crippen molar-refractivity contribution in [2.24, 2.45) is 0 Å². The molecule has 6 heteroatoms. The lowest BCUT2D eigenvalue weighted by molar-refractivity contribution is 0.359. The SMILES string of the molecule is CCSN1CCC(Nc2cc(C3=CNC(C)C(C)=C3F)cc3ccncc23)CC1. The molecule has 2 N–H and O–H groups in total. The third kappa shape index (κ3) is 4.28. The number of aromatic nitrogens is 1. The molecule has 0 amide bonds. The number of nitrogens with zero attached hydrogens (tertiary/aromatic N) is 2. The summed E-state index contributed by atoms with van der Waals surface area (Å²) < 4.78 is 17.5. The first-order valence-electron chi connectivity index (χ1n) is 10.4. The van der Waals surface area contributed by atoms with Gasteiger partial charge in [0, 0.05) is 66.2 Å². The van der Waals surface area contributed by atoms with Crippen LogP contribution in [0.2, 0.25) is 0 Å². The Morgan fingerprint density at radius 1 is 1.31 bits per heavy atom. The van der Waals surface area contributed by atoms with Crippen molar-refractivity contribution in [2.45, 2.75) is 45.7 Å². The number of fused-ring (bicyclic) bond motifs is 1. The summed E-state index contributed by atoms with van der Waals surface area (Å²) in [6, 6.07) is 6.57. The minimum absolute atomic E-state index is 0.0205. The molecule has 4 rings (SSSR count). The zero-order valence-electron chi connectivity index (χ0n) is 17.3. The van der Waals surface area contributed by atoms with Gasteiger partial charge in [0.05, 0.1) is 0 Å². The zero-order chi connectivity index (χ0) is 20.4. The summed E-state index contributed by atoms with van der Waals surface area (Å²) in [6.07, 6.45) is 7.71. The molecule has 29 heavy (non-hydrogen) atoms. The fourth-order valence-electron chi connectivity index (χ4n) is 4.01. The molecule has 154 valence electrons. The molecular weight excluding hydrogens is 383 g/mol. The quantitative estimate of drug-likeness (QED) is 0.648. The topological polar surface area (TPSA) is 40.2 Å². The summed E-state index contributed by atoms with van der Waals surface area (Å²) in [5.74, 6) is 0.997. The average Bonchev–Trinajstić information content (AvgIpc) is 2.74. The van der Waals surface area contributed by atoms with Crippen LogP contribution in [-0.4, -0.2) is 40.2 Å². The van der Waals surface area contributed by atoms with Gasteiger partial charge in [0.15, 0.2) is 0 Å². The molecule has 1 atom stereocenters. The van der Waals surface area contributed by atoms with E-state index in [0.29, 0.717) is 11.6 Å². The Hall–Kier alpha value is -2.05. The van der Waals surface area contributed by atoms with Crippen LogP contribution >= 0.6 is 11.9 Å². The number of benzene rings is 1. The van der Waals surface area contributed by atoms with Crippen molar-refractivity contribution in [3.05, 3.63) is 53.8 Å². The highest BCUT2D eigenvalue weighted by Gasteiger charge is 2.22. The summed E-state index contributed by atoms with van der Waals surface area (Å²) in [7, 11) is 0. The Bertz CT molecular complexity index is 947. The number of piperidine rings is 1. The average molecular weight is 413 g/mol. The van der Waals surface area contributed by atoms with Crippen LogP contribution in [0, 0.1) is 0 Å². The Morgan fingerprint density at radius 3 is 2.86 bits per heavy atom. The van der Waals surface area contributed by atoms with Crippen molar-refractivity contribution in [3.63, 3.8) is 0 Å². The fourth-order valence-corrected chi connectivity index (χ4v) is 4.85. The van der Waals surface area contributed by atoms with E-state index in [1.165, 1.54) is 0 Å². The van der Waals surface area contributed by atoms with E-state index in [9.17, 15) is 0 Å². The van der Waals surface area contributed by atoms with Crippen LogP contribution in [0.15, 0.2) is 48.2 Å². The van der Waals surface area contributed by atoms with Crippen molar-refractivity contribution in [3.8, 4) is 0 Å². The Morgan fingerprint density at radius 2 is 2.10 bits per heavy atom. The van der Waals surface area contributed by atoms with Gasteiger partial charge >= 0.3 is 0 Å². The number of dihydropyridines is 1. The number of hydrogen-bond acceptors (Lipinski definition) is 5. The van der Waals surface area contributed by atoms with Gasteiger partial charge < -0.3 is 10.6 Å². The molecule has 0 bridgehead atoms. The lowest BCUT2D eigenvalue weighted by atomic mass is 9.94. The third-order valence-electron chi connectivity index (χ3n) is 5.90. The Labute approximate surface area is 176 Å². The smallest absolute Gasteiger partial charge is 0.133 e. The molecule has 0 saturated carbocycles. The lowest BCUT2D eigenvalue weighted by Crippen LogP contribution is -2.35. The Kier molecular flexibility index (Phi) is 6.11. The van der Waals surface area contributed by atoms with Crippen LogP contribution in [0.4, 0.5) is 10.1 Å². The van der Waals surface area contributed by atoms with Crippen molar-refractivity contribution in [1.82, 2.24) is 14.6 Å². The van der Waals surface area contributed by atoms with Crippen LogP contribution in [0.5, 0.6) is 0 Å². The number of halogens is 1. The van der Waals surface area contributed by atoms with E-state index in [-0.39, 0.29) is 11.9 Å². The van der Waals surface area contributed by atoms with E-state index in [2.05, 4.69) is 39.0 Å². The second-order valence-corrected chi connectivity index (χ2v) is 9.18. The van der Waals surface area contributed by atoms with Crippen LogP contribution < -0.4 is 10.6 Å². The van der Waals surface area contributed by atoms with Gasteiger partial charge in [0.1, 0.15) is 5.83 Å². The van der Waals surface area contributed by atoms with E-state index in [4.69, 9.17) is 0 Å². The molecule has 1 unspecified atom stereocenters. The molecule has 0 radical (unpaired) electrons. The number of anilines is 1. The summed E-state index contributed by atoms with van der Waals surface area (Å²) in [5, 5.41) is 9.17. The van der Waals surface area contributed by atoms with Crippen molar-refractivity contribution in [1.29, 1.82) is 0 Å². The van der Waals surface area contributed by atoms with Gasteiger partial charge in [-0.3, -0.25) is 9.29 Å². The first-order valence-corrected chi connectivity index (χ1v) is 11.4. The highest BCUT2D eigenvalue weighted by atomic mass is 32.2. The third-order valence-corrected chi connectivity index (χ3v) is 6.89. The number of pyridine rings is 1. The summed E-state index contributed by atoms with van der Waals surface area (Å²) in [5.41, 5.74) is 3.29. The molecule has 2 aliphatic heterocycles. The van der Waals surface area contributed by atoms with Gasteiger partial charge in [-0.05, 0) is 61.4 Å². The number of hydrogen-bond donors (Lipinski definition) is 2. The van der Waals surface area contributed by atoms with Crippen LogP contribution in [0.1, 0.15) is 39.2 Å². The second-order valence-electron chi connectivity index (χ2n) is 7.83. The monoisotopic (exact) mass is 412 g/mol. The van der Waals surface area contributed by atoms with E-state index < -0.39 is 0 Å². The van der Waals surface area contributed by atoms with Gasteiger partial charge in [-0.2, -0.15) is 0 Å². The van der Waals surface area contributed by atoms with Gasteiger partial charge in [-0.1, -0.05) is 18.9 Å². The number of nitrogens with one attached hydrogen (secondary N) is 2. The molecule has 0 aliphatic carbocycles. The minimum Gasteiger partial charge on any atom is -0.384 e. The normalized spacial score (nSPS) is 21.2. The zero-order valence-corrected chi connectivity index (χ0v) is 18.2. The molecule has 1 fully saturated rings. The number of rotatable bonds is 5. The minimum atomic E-state index is -0.125. The van der Waals surface area contributed by atoms with Gasteiger partial charge in [0.2, 0.25) is 0 Å². The second kappa shape index (κ2) is 8.76. The van der Waals surface area contributed by atoms with Crippen molar-refractivity contribution >= 4 is 34.0 Å². The summed E-state index contributed by atoms with van der Waals surface area (Å²) >= 11 is 1.92. The maximum absolute atomic E-state index is 15.0. The molecule has 0 spiro atoms. The fraction of sp³-hybridized carbons (Fsp3) is 0.435. The Balaban J connectivity index is 1.64. The van der Waals surface area contributed by atoms with E-state index in [0.717, 1.165) is 59.3 Å². The van der Waals surface area contributed by atoms with Crippen LogP contribution in [0.25, 0.3) is 16.3 Å². The molecule has 4 nitrogen and oxygen atoms in total. The van der Waals surface area contributed by atoms with Crippen molar-refractivity contribution < 1.29 is 4.39 Å². The van der Waals surface area contributed by atoms with E-state index in [1.807, 2.05) is 38.1 Å². The lowest BCUT2D eigenvalue weighted by Gasteiger charge is -2.32. The highest BCUT2D eigenvalue weighted by molar-refractivity contribution is 7.96. The molecular formula is C23H29FN4S. The van der Waals surface area contributed by atoms with Crippen LogP contribution in [-0.2, 0) is 0 Å². The van der Waals surface area contributed by atoms with Gasteiger partial charge in [-0.15, -0.1) is 0 Å². The molecule has 1 aromatic carbocycles. The van der Waals surface area contributed by atoms with E-state index in [1.54, 1.807) is 12.4 Å². The molecule has 1 saturated heterocycles. The summed E-state index contributed by atoms with van der Waals surface area (Å²) in [4.78, 5) is 4.32. The predicted molar refractivity (Wildman–Crippen MR) is 122 cm³/mol. The standard InChI is InChI=1S/C23H29FN4S/c1-4-29-28-9-6-19(7-10-28)27-22-12-18(11-17-5-8-25-13-20(17)22)21-14-26-16(3)15(2)23(21)24/h5,8,11-14,16,19,26-27H,4,6-7,9-10H2,1-3H3. The molecule has 2 aliphatic rings. The molecule has 2 aromatic rings. The van der Waals surface area contributed by atoms with Gasteiger partial charge in [-0.25, -0.2) is 4.39 Å². The highest BCUT2D eigenvalue weighted by Crippen LogP contribution is 2.35. The van der Waals surface area contributed by atoms with Crippen molar-refractivity contribution in [2.75, 3.05) is 24.2 Å². The first kappa shape index (κ1) is 20.2. The molecule has 3 heterocycles. The first-order chi connectivity index (χ1) is 14.1. The summed E-state index contributed by atoms with van der Waals surface area (Å²) in [6.45, 7) is 8.21. The van der Waals surface area contributed by atoms with Gasteiger partial charge in [0.25, 0.3) is 0 Å². The maximum Gasteiger partial charge on any atom is 0.133 e. The van der Waals surface area contributed by atoms with E-state index >= 15 is 4.39 Å².